The number of aromatic amines is 1. The molecule has 0 saturated carbocycles. The van der Waals surface area contributed by atoms with E-state index in [0.717, 1.165) is 0 Å². The van der Waals surface area contributed by atoms with Gasteiger partial charge in [0.2, 0.25) is 0 Å². The predicted molar refractivity (Wildman–Crippen MR) is 47.2 cm³/mol. The number of rotatable bonds is 2. The number of nitrogens with one attached hydrogen (secondary N) is 1. The van der Waals surface area contributed by atoms with Gasteiger partial charge < -0.3 is 0 Å². The van der Waals surface area contributed by atoms with Crippen molar-refractivity contribution in [1.82, 2.24) is 15.4 Å². The SMILES string of the molecule is O=Cc1n[nH]nc1-c1ccccc1F. The molecule has 0 radical (unpaired) electrons. The summed E-state index contributed by atoms with van der Waals surface area (Å²) < 4.78 is 13.3. The first-order valence-electron chi connectivity index (χ1n) is 3.94. The Labute approximate surface area is 78.8 Å². The largest absolute Gasteiger partial charge is 0.296 e. The lowest BCUT2D eigenvalue weighted by atomic mass is 10.1. The monoisotopic (exact) mass is 191 g/mol. The fourth-order valence-corrected chi connectivity index (χ4v) is 1.17. The molecule has 2 aromatic rings. The van der Waals surface area contributed by atoms with Crippen LogP contribution in [-0.2, 0) is 0 Å². The first kappa shape index (κ1) is 8.55. The summed E-state index contributed by atoms with van der Waals surface area (Å²) in [4.78, 5) is 10.5. The summed E-state index contributed by atoms with van der Waals surface area (Å²) in [5, 5.41) is 9.57. The van der Waals surface area contributed by atoms with Gasteiger partial charge in [-0.25, -0.2) is 4.39 Å². The molecule has 0 aliphatic rings. The van der Waals surface area contributed by atoms with Crippen LogP contribution in [0.4, 0.5) is 4.39 Å². The predicted octanol–water partition coefficient (Wildman–Crippen LogP) is 1.42. The highest BCUT2D eigenvalue weighted by molar-refractivity contribution is 5.82. The van der Waals surface area contributed by atoms with Crippen molar-refractivity contribution in [3.63, 3.8) is 0 Å². The third-order valence-electron chi connectivity index (χ3n) is 1.82. The van der Waals surface area contributed by atoms with Gasteiger partial charge in [-0.1, -0.05) is 12.1 Å². The number of benzene rings is 1. The Kier molecular flexibility index (Phi) is 2.06. The second kappa shape index (κ2) is 3.37. The van der Waals surface area contributed by atoms with Crippen LogP contribution >= 0.6 is 0 Å². The van der Waals surface area contributed by atoms with E-state index in [1.54, 1.807) is 18.2 Å². The van der Waals surface area contributed by atoms with E-state index in [-0.39, 0.29) is 17.0 Å². The van der Waals surface area contributed by atoms with Crippen molar-refractivity contribution >= 4 is 6.29 Å². The quantitative estimate of drug-likeness (QED) is 0.730. The Hall–Kier alpha value is -2.04. The molecule has 2 rings (SSSR count). The second-order valence-corrected chi connectivity index (χ2v) is 2.66. The maximum atomic E-state index is 13.3. The van der Waals surface area contributed by atoms with E-state index >= 15 is 0 Å². The van der Waals surface area contributed by atoms with Crippen molar-refractivity contribution in [3.8, 4) is 11.3 Å². The minimum absolute atomic E-state index is 0.107. The summed E-state index contributed by atoms with van der Waals surface area (Å²) in [6, 6.07) is 6.08. The van der Waals surface area contributed by atoms with Gasteiger partial charge in [0, 0.05) is 5.56 Å². The number of nitrogens with zero attached hydrogens (tertiary/aromatic N) is 2. The molecule has 0 aliphatic heterocycles. The third-order valence-corrected chi connectivity index (χ3v) is 1.82. The molecule has 4 nitrogen and oxygen atoms in total. The molecular formula is C9H6FN3O. The molecule has 14 heavy (non-hydrogen) atoms. The highest BCUT2D eigenvalue weighted by Gasteiger charge is 2.12. The van der Waals surface area contributed by atoms with Gasteiger partial charge in [0.25, 0.3) is 0 Å². The number of hydrogen-bond donors (Lipinski definition) is 1. The number of halogens is 1. The van der Waals surface area contributed by atoms with Gasteiger partial charge in [0.05, 0.1) is 0 Å². The lowest BCUT2D eigenvalue weighted by Crippen LogP contribution is -1.88. The van der Waals surface area contributed by atoms with Gasteiger partial charge in [0.15, 0.2) is 12.0 Å². The van der Waals surface area contributed by atoms with E-state index in [1.807, 2.05) is 0 Å². The minimum Gasteiger partial charge on any atom is -0.296 e. The maximum Gasteiger partial charge on any atom is 0.172 e. The highest BCUT2D eigenvalue weighted by atomic mass is 19.1. The zero-order valence-electron chi connectivity index (χ0n) is 7.07. The smallest absolute Gasteiger partial charge is 0.172 e. The van der Waals surface area contributed by atoms with Crippen molar-refractivity contribution in [3.05, 3.63) is 35.8 Å². The van der Waals surface area contributed by atoms with Gasteiger partial charge in [0.1, 0.15) is 11.5 Å². The third kappa shape index (κ3) is 1.28. The van der Waals surface area contributed by atoms with Crippen molar-refractivity contribution in [1.29, 1.82) is 0 Å². The molecule has 0 unspecified atom stereocenters. The van der Waals surface area contributed by atoms with Crippen molar-refractivity contribution in [2.45, 2.75) is 0 Å². The highest BCUT2D eigenvalue weighted by Crippen LogP contribution is 2.21. The summed E-state index contributed by atoms with van der Waals surface area (Å²) >= 11 is 0. The topological polar surface area (TPSA) is 58.6 Å². The molecule has 0 aliphatic carbocycles. The normalized spacial score (nSPS) is 10.1. The van der Waals surface area contributed by atoms with Crippen molar-refractivity contribution in [2.75, 3.05) is 0 Å². The fourth-order valence-electron chi connectivity index (χ4n) is 1.17. The Morgan fingerprint density at radius 3 is 2.79 bits per heavy atom. The van der Waals surface area contributed by atoms with Crippen LogP contribution in [0.1, 0.15) is 10.5 Å². The van der Waals surface area contributed by atoms with E-state index in [4.69, 9.17) is 0 Å². The van der Waals surface area contributed by atoms with Crippen LogP contribution in [0, 0.1) is 5.82 Å². The Balaban J connectivity index is 2.60. The number of aromatic nitrogens is 3. The van der Waals surface area contributed by atoms with Gasteiger partial charge in [-0.15, -0.1) is 0 Å². The number of aldehydes is 1. The number of hydrogen-bond acceptors (Lipinski definition) is 3. The van der Waals surface area contributed by atoms with Crippen molar-refractivity contribution < 1.29 is 9.18 Å². The van der Waals surface area contributed by atoms with Crippen molar-refractivity contribution in [2.24, 2.45) is 0 Å². The van der Waals surface area contributed by atoms with Crippen LogP contribution in [0.25, 0.3) is 11.3 Å². The average Bonchev–Trinajstić information content (AvgIpc) is 2.66. The molecule has 1 aromatic carbocycles. The van der Waals surface area contributed by atoms with Gasteiger partial charge in [-0.05, 0) is 12.1 Å². The standard InChI is InChI=1S/C9H6FN3O/c10-7-4-2-1-3-6(7)9-8(5-14)11-13-12-9/h1-5H,(H,11,12,13). The summed E-state index contributed by atoms with van der Waals surface area (Å²) in [5.74, 6) is -0.426. The zero-order chi connectivity index (χ0) is 9.97. The molecule has 1 aromatic heterocycles. The Morgan fingerprint density at radius 2 is 2.07 bits per heavy atom. The van der Waals surface area contributed by atoms with Gasteiger partial charge in [-0.2, -0.15) is 15.4 Å². The van der Waals surface area contributed by atoms with Crippen LogP contribution in [0.5, 0.6) is 0 Å². The average molecular weight is 191 g/mol. The van der Waals surface area contributed by atoms with Gasteiger partial charge in [-0.3, -0.25) is 4.79 Å². The summed E-state index contributed by atoms with van der Waals surface area (Å²) in [7, 11) is 0. The van der Waals surface area contributed by atoms with Crippen LogP contribution in [0.3, 0.4) is 0 Å². The molecule has 0 spiro atoms. The molecule has 1 heterocycles. The lowest BCUT2D eigenvalue weighted by Gasteiger charge is -1.97. The zero-order valence-corrected chi connectivity index (χ0v) is 7.07. The van der Waals surface area contributed by atoms with E-state index in [9.17, 15) is 9.18 Å². The molecule has 0 fully saturated rings. The molecule has 5 heteroatoms. The van der Waals surface area contributed by atoms with E-state index in [1.165, 1.54) is 6.07 Å². The lowest BCUT2D eigenvalue weighted by molar-refractivity contribution is 0.111. The second-order valence-electron chi connectivity index (χ2n) is 2.66. The summed E-state index contributed by atoms with van der Waals surface area (Å²) in [6.45, 7) is 0. The summed E-state index contributed by atoms with van der Waals surface area (Å²) in [5.41, 5.74) is 0.608. The van der Waals surface area contributed by atoms with E-state index in [2.05, 4.69) is 15.4 Å². The molecule has 0 saturated heterocycles. The Morgan fingerprint density at radius 1 is 1.29 bits per heavy atom. The summed E-state index contributed by atoms with van der Waals surface area (Å²) in [6.07, 6.45) is 0.533. The minimum atomic E-state index is -0.426. The Bertz CT molecular complexity index is 467. The van der Waals surface area contributed by atoms with Crippen LogP contribution in [-0.4, -0.2) is 21.7 Å². The van der Waals surface area contributed by atoms with Crippen LogP contribution in [0.2, 0.25) is 0 Å². The fraction of sp³-hybridized carbons (Fsp3) is 0. The molecule has 1 N–H and O–H groups in total. The maximum absolute atomic E-state index is 13.3. The van der Waals surface area contributed by atoms with Crippen LogP contribution < -0.4 is 0 Å². The number of carbonyl (C=O) groups is 1. The first-order valence-corrected chi connectivity index (χ1v) is 3.94. The van der Waals surface area contributed by atoms with E-state index < -0.39 is 5.82 Å². The number of carbonyl (C=O) groups excluding carboxylic acids is 1. The van der Waals surface area contributed by atoms with Gasteiger partial charge >= 0.3 is 0 Å². The molecule has 0 amide bonds. The molecule has 70 valence electrons. The molecular weight excluding hydrogens is 185 g/mol. The van der Waals surface area contributed by atoms with Crippen LogP contribution in [0.15, 0.2) is 24.3 Å². The van der Waals surface area contributed by atoms with E-state index in [0.29, 0.717) is 6.29 Å². The molecule has 0 bridgehead atoms. The molecule has 0 atom stereocenters. The first-order chi connectivity index (χ1) is 6.83. The number of H-pyrrole nitrogens is 1.